The van der Waals surface area contributed by atoms with Crippen LogP contribution in [-0.4, -0.2) is 25.6 Å². The molecule has 3 N–H and O–H groups in total. The monoisotopic (exact) mass is 202 g/mol. The van der Waals surface area contributed by atoms with Crippen molar-refractivity contribution in [2.24, 2.45) is 5.73 Å². The predicted octanol–water partition coefficient (Wildman–Crippen LogP) is 0.255. The third kappa shape index (κ3) is 1.69. The van der Waals surface area contributed by atoms with Gasteiger partial charge in [-0.05, 0) is 6.92 Å². The molecule has 0 saturated carbocycles. The summed E-state index contributed by atoms with van der Waals surface area (Å²) >= 11 is 0. The van der Waals surface area contributed by atoms with Gasteiger partial charge in [-0.1, -0.05) is 0 Å². The number of nitrogen functional groups attached to an aromatic ring is 1. The summed E-state index contributed by atoms with van der Waals surface area (Å²) in [5.74, 6) is 0.607. The van der Waals surface area contributed by atoms with Crippen molar-refractivity contribution in [1.82, 2.24) is 19.7 Å². The SMILES string of the molecule is Cc1nn(-c2cnccn2)cc1C(=N)N. The molecule has 15 heavy (non-hydrogen) atoms. The van der Waals surface area contributed by atoms with E-state index in [0.717, 1.165) is 0 Å². The van der Waals surface area contributed by atoms with Crippen LogP contribution >= 0.6 is 0 Å². The molecule has 2 aromatic rings. The van der Waals surface area contributed by atoms with Crippen molar-refractivity contribution in [3.8, 4) is 5.82 Å². The van der Waals surface area contributed by atoms with Crippen molar-refractivity contribution < 1.29 is 0 Å². The third-order valence-corrected chi connectivity index (χ3v) is 1.97. The number of nitrogens with two attached hydrogens (primary N) is 1. The number of nitrogens with one attached hydrogen (secondary N) is 1. The summed E-state index contributed by atoms with van der Waals surface area (Å²) < 4.78 is 1.55. The van der Waals surface area contributed by atoms with Gasteiger partial charge in [0.15, 0.2) is 5.82 Å². The Hall–Kier alpha value is -2.24. The van der Waals surface area contributed by atoms with E-state index in [0.29, 0.717) is 17.1 Å². The summed E-state index contributed by atoms with van der Waals surface area (Å²) in [7, 11) is 0. The Morgan fingerprint density at radius 3 is 2.80 bits per heavy atom. The number of aryl methyl sites for hydroxylation is 1. The summed E-state index contributed by atoms with van der Waals surface area (Å²) in [5.41, 5.74) is 6.71. The fraction of sp³-hybridized carbons (Fsp3) is 0.111. The molecule has 0 saturated heterocycles. The molecule has 2 heterocycles. The summed E-state index contributed by atoms with van der Waals surface area (Å²) in [5, 5.41) is 11.5. The Labute approximate surface area is 86.3 Å². The van der Waals surface area contributed by atoms with Crippen LogP contribution in [0, 0.1) is 12.3 Å². The summed E-state index contributed by atoms with van der Waals surface area (Å²) in [4.78, 5) is 8.03. The Kier molecular flexibility index (Phi) is 2.17. The van der Waals surface area contributed by atoms with Crippen molar-refractivity contribution >= 4 is 5.84 Å². The molecule has 2 aromatic heterocycles. The van der Waals surface area contributed by atoms with E-state index in [1.807, 2.05) is 0 Å². The third-order valence-electron chi connectivity index (χ3n) is 1.97. The minimum Gasteiger partial charge on any atom is -0.384 e. The average Bonchev–Trinajstić information content (AvgIpc) is 2.62. The molecule has 76 valence electrons. The Morgan fingerprint density at radius 1 is 1.47 bits per heavy atom. The molecule has 0 aliphatic heterocycles. The van der Waals surface area contributed by atoms with Crippen molar-refractivity contribution in [2.75, 3.05) is 0 Å². The standard InChI is InChI=1S/C9H10N6/c1-6-7(9(10)11)5-15(14-6)8-4-12-2-3-13-8/h2-5H,1H3,(H3,10,11). The Bertz CT molecular complexity index is 487. The van der Waals surface area contributed by atoms with E-state index in [9.17, 15) is 0 Å². The second kappa shape index (κ2) is 3.49. The molecular weight excluding hydrogens is 192 g/mol. The topological polar surface area (TPSA) is 93.5 Å². The van der Waals surface area contributed by atoms with Gasteiger partial charge in [-0.2, -0.15) is 5.10 Å². The number of amidine groups is 1. The first-order valence-corrected chi connectivity index (χ1v) is 4.35. The molecule has 0 aromatic carbocycles. The predicted molar refractivity (Wildman–Crippen MR) is 54.9 cm³/mol. The Balaban J connectivity index is 2.48. The molecular formula is C9H10N6. The number of nitrogens with zero attached hydrogens (tertiary/aromatic N) is 4. The van der Waals surface area contributed by atoms with Crippen LogP contribution in [0.3, 0.4) is 0 Å². The van der Waals surface area contributed by atoms with Crippen molar-refractivity contribution in [3.05, 3.63) is 36.0 Å². The second-order valence-corrected chi connectivity index (χ2v) is 3.05. The molecule has 2 rings (SSSR count). The molecule has 0 atom stereocenters. The van der Waals surface area contributed by atoms with Gasteiger partial charge in [0.05, 0.1) is 17.5 Å². The van der Waals surface area contributed by atoms with Crippen LogP contribution < -0.4 is 5.73 Å². The van der Waals surface area contributed by atoms with Gasteiger partial charge in [0.1, 0.15) is 5.84 Å². The summed E-state index contributed by atoms with van der Waals surface area (Å²) in [6, 6.07) is 0. The van der Waals surface area contributed by atoms with Gasteiger partial charge in [-0.25, -0.2) is 9.67 Å². The van der Waals surface area contributed by atoms with Crippen molar-refractivity contribution in [2.45, 2.75) is 6.92 Å². The van der Waals surface area contributed by atoms with Crippen molar-refractivity contribution in [3.63, 3.8) is 0 Å². The smallest absolute Gasteiger partial charge is 0.171 e. The summed E-state index contributed by atoms with van der Waals surface area (Å²) in [6.45, 7) is 1.80. The molecule has 0 unspecified atom stereocenters. The lowest BCUT2D eigenvalue weighted by Crippen LogP contribution is -2.11. The average molecular weight is 202 g/mol. The van der Waals surface area contributed by atoms with Crippen LogP contribution in [0.5, 0.6) is 0 Å². The maximum absolute atomic E-state index is 7.34. The van der Waals surface area contributed by atoms with Crippen LogP contribution in [0.15, 0.2) is 24.8 Å². The van der Waals surface area contributed by atoms with Gasteiger partial charge >= 0.3 is 0 Å². The van der Waals surface area contributed by atoms with Crippen LogP contribution in [0.1, 0.15) is 11.3 Å². The molecule has 0 amide bonds. The highest BCUT2D eigenvalue weighted by Crippen LogP contribution is 2.08. The molecule has 6 nitrogen and oxygen atoms in total. The highest BCUT2D eigenvalue weighted by molar-refractivity contribution is 5.95. The lowest BCUT2D eigenvalue weighted by atomic mass is 10.2. The largest absolute Gasteiger partial charge is 0.384 e. The van der Waals surface area contributed by atoms with Gasteiger partial charge in [0.2, 0.25) is 0 Å². The van der Waals surface area contributed by atoms with E-state index < -0.39 is 0 Å². The van der Waals surface area contributed by atoms with E-state index in [1.165, 1.54) is 0 Å². The van der Waals surface area contributed by atoms with E-state index in [1.54, 1.807) is 36.4 Å². The molecule has 0 fully saturated rings. The minimum atomic E-state index is 0.00244. The number of aromatic nitrogens is 4. The van der Waals surface area contributed by atoms with Crippen LogP contribution in [0.2, 0.25) is 0 Å². The lowest BCUT2D eigenvalue weighted by Gasteiger charge is -1.96. The van der Waals surface area contributed by atoms with E-state index in [4.69, 9.17) is 11.1 Å². The zero-order valence-electron chi connectivity index (χ0n) is 8.18. The fourth-order valence-corrected chi connectivity index (χ4v) is 1.25. The van der Waals surface area contributed by atoms with E-state index in [2.05, 4.69) is 15.1 Å². The van der Waals surface area contributed by atoms with Crippen LogP contribution in [0.25, 0.3) is 5.82 Å². The minimum absolute atomic E-state index is 0.00244. The highest BCUT2D eigenvalue weighted by Gasteiger charge is 2.08. The van der Waals surface area contributed by atoms with Crippen molar-refractivity contribution in [1.29, 1.82) is 5.41 Å². The van der Waals surface area contributed by atoms with Crippen LogP contribution in [0.4, 0.5) is 0 Å². The molecule has 0 spiro atoms. The number of hydrogen-bond donors (Lipinski definition) is 2. The highest BCUT2D eigenvalue weighted by atomic mass is 15.3. The molecule has 0 radical (unpaired) electrons. The maximum atomic E-state index is 7.34. The van der Waals surface area contributed by atoms with E-state index >= 15 is 0 Å². The summed E-state index contributed by atoms with van der Waals surface area (Å²) in [6.07, 6.45) is 6.43. The first kappa shape index (κ1) is 9.32. The first-order chi connectivity index (χ1) is 7.18. The van der Waals surface area contributed by atoms with Gasteiger partial charge in [0, 0.05) is 18.6 Å². The molecule has 0 aliphatic carbocycles. The van der Waals surface area contributed by atoms with Gasteiger partial charge < -0.3 is 5.73 Å². The zero-order chi connectivity index (χ0) is 10.8. The molecule has 0 aliphatic rings. The number of rotatable bonds is 2. The van der Waals surface area contributed by atoms with Crippen LogP contribution in [-0.2, 0) is 0 Å². The maximum Gasteiger partial charge on any atom is 0.171 e. The van der Waals surface area contributed by atoms with Gasteiger partial charge in [0.25, 0.3) is 0 Å². The lowest BCUT2D eigenvalue weighted by molar-refractivity contribution is 0.824. The van der Waals surface area contributed by atoms with E-state index in [-0.39, 0.29) is 5.84 Å². The molecule has 0 bridgehead atoms. The normalized spacial score (nSPS) is 10.2. The van der Waals surface area contributed by atoms with Gasteiger partial charge in [-0.3, -0.25) is 10.4 Å². The zero-order valence-corrected chi connectivity index (χ0v) is 8.18. The second-order valence-electron chi connectivity index (χ2n) is 3.05. The van der Waals surface area contributed by atoms with Gasteiger partial charge in [-0.15, -0.1) is 0 Å². The fourth-order valence-electron chi connectivity index (χ4n) is 1.25. The quantitative estimate of drug-likeness (QED) is 0.539. The first-order valence-electron chi connectivity index (χ1n) is 4.35. The molecule has 6 heteroatoms. The Morgan fingerprint density at radius 2 is 2.27 bits per heavy atom. The number of hydrogen-bond acceptors (Lipinski definition) is 4.